The number of nitrogens with one attached hydrogen (secondary N) is 1. The lowest BCUT2D eigenvalue weighted by molar-refractivity contribution is -0.0894. The van der Waals surface area contributed by atoms with Gasteiger partial charge in [0.1, 0.15) is 0 Å². The van der Waals surface area contributed by atoms with Gasteiger partial charge in [0.15, 0.2) is 5.69 Å². The number of allylic oxidation sites excluding steroid dienone is 6. The molecular weight excluding hydrogens is 543 g/mol. The highest BCUT2D eigenvalue weighted by atomic mass is 19.4. The summed E-state index contributed by atoms with van der Waals surface area (Å²) >= 11 is 0. The first kappa shape index (κ1) is 36.6. The molecular formula is C33H46F3N3O3. The highest BCUT2D eigenvalue weighted by molar-refractivity contribution is 5.91. The minimum Gasteiger partial charge on any atom is -0.380 e. The third-order valence-electron chi connectivity index (χ3n) is 6.75. The number of hydrogen-bond acceptors (Lipinski definition) is 4. The number of methoxy groups -OCH3 is 1. The lowest BCUT2D eigenvalue weighted by atomic mass is 9.80. The van der Waals surface area contributed by atoms with Crippen molar-refractivity contribution < 1.29 is 22.7 Å². The SMILES string of the molecule is CC.CC.CCC(C)(CC1=CC=C(C)C(C(F)(F)F)=CC1)Cn1ccc(=O)c(C(=O)NCc2cccc(COC)c2)n1. The Labute approximate surface area is 248 Å². The monoisotopic (exact) mass is 589 g/mol. The lowest BCUT2D eigenvalue weighted by Crippen LogP contribution is -2.33. The first-order valence-electron chi connectivity index (χ1n) is 14.5. The summed E-state index contributed by atoms with van der Waals surface area (Å²) in [6.45, 7) is 14.6. The molecule has 9 heteroatoms. The molecule has 0 saturated heterocycles. The van der Waals surface area contributed by atoms with Crippen LogP contribution >= 0.6 is 0 Å². The number of hydrogen-bond donors (Lipinski definition) is 1. The van der Waals surface area contributed by atoms with Crippen LogP contribution in [0.15, 0.2) is 76.3 Å². The van der Waals surface area contributed by atoms with Gasteiger partial charge in [-0.1, -0.05) is 89.6 Å². The molecule has 2 aromatic rings. The number of rotatable bonds is 10. The molecule has 1 heterocycles. The fourth-order valence-electron chi connectivity index (χ4n) is 4.45. The van der Waals surface area contributed by atoms with Gasteiger partial charge in [-0.15, -0.1) is 0 Å². The van der Waals surface area contributed by atoms with Crippen LogP contribution in [0.3, 0.4) is 0 Å². The number of carbonyl (C=O) groups excluding carboxylic acids is 1. The molecule has 42 heavy (non-hydrogen) atoms. The summed E-state index contributed by atoms with van der Waals surface area (Å²) in [6, 6.07) is 8.89. The first-order chi connectivity index (χ1) is 19.9. The number of ether oxygens (including phenoxy) is 1. The van der Waals surface area contributed by atoms with E-state index in [1.54, 1.807) is 17.9 Å². The Bertz CT molecular complexity index is 1310. The molecule has 0 radical (unpaired) electrons. The topological polar surface area (TPSA) is 73.2 Å². The van der Waals surface area contributed by atoms with Gasteiger partial charge in [0.2, 0.25) is 5.43 Å². The Kier molecular flexibility index (Phi) is 15.2. The highest BCUT2D eigenvalue weighted by Crippen LogP contribution is 2.37. The molecule has 0 bridgehead atoms. The van der Waals surface area contributed by atoms with Crippen molar-refractivity contribution in [3.63, 3.8) is 0 Å². The van der Waals surface area contributed by atoms with Crippen molar-refractivity contribution in [1.82, 2.24) is 15.1 Å². The Morgan fingerprint density at radius 3 is 2.38 bits per heavy atom. The number of benzene rings is 1. The Balaban J connectivity index is 0.00000211. The van der Waals surface area contributed by atoms with Crippen LogP contribution in [0, 0.1) is 5.41 Å². The molecule has 1 atom stereocenters. The molecule has 1 aromatic heterocycles. The molecule has 3 rings (SSSR count). The van der Waals surface area contributed by atoms with Crippen molar-refractivity contribution in [2.24, 2.45) is 5.41 Å². The molecule has 1 aromatic carbocycles. The fourth-order valence-corrected chi connectivity index (χ4v) is 4.45. The Morgan fingerprint density at radius 2 is 1.76 bits per heavy atom. The molecule has 0 spiro atoms. The number of aromatic nitrogens is 2. The van der Waals surface area contributed by atoms with Crippen LogP contribution in [-0.4, -0.2) is 29.0 Å². The zero-order valence-corrected chi connectivity index (χ0v) is 26.2. The molecule has 0 fully saturated rings. The first-order valence-corrected chi connectivity index (χ1v) is 14.5. The van der Waals surface area contributed by atoms with E-state index >= 15 is 0 Å². The largest absolute Gasteiger partial charge is 0.416 e. The van der Waals surface area contributed by atoms with E-state index in [0.717, 1.165) is 23.1 Å². The van der Waals surface area contributed by atoms with Gasteiger partial charge in [-0.05, 0) is 48.3 Å². The van der Waals surface area contributed by atoms with Gasteiger partial charge >= 0.3 is 6.18 Å². The second kappa shape index (κ2) is 17.5. The summed E-state index contributed by atoms with van der Waals surface area (Å²) in [5, 5.41) is 7.07. The maximum atomic E-state index is 13.3. The van der Waals surface area contributed by atoms with Gasteiger partial charge in [-0.25, -0.2) is 0 Å². The Morgan fingerprint density at radius 1 is 1.10 bits per heavy atom. The molecule has 1 amide bonds. The summed E-state index contributed by atoms with van der Waals surface area (Å²) in [5.41, 5.74) is 1.25. The van der Waals surface area contributed by atoms with E-state index in [2.05, 4.69) is 10.4 Å². The van der Waals surface area contributed by atoms with Crippen LogP contribution in [0.25, 0.3) is 0 Å². The second-order valence-corrected chi connectivity index (χ2v) is 10.00. The molecule has 1 N–H and O–H groups in total. The number of amides is 1. The molecule has 0 saturated carbocycles. The van der Waals surface area contributed by atoms with Crippen LogP contribution < -0.4 is 10.7 Å². The van der Waals surface area contributed by atoms with Gasteiger partial charge in [-0.3, -0.25) is 14.3 Å². The molecule has 232 valence electrons. The summed E-state index contributed by atoms with van der Waals surface area (Å²) in [5.74, 6) is -0.573. The van der Waals surface area contributed by atoms with Crippen LogP contribution in [0.1, 0.15) is 89.3 Å². The van der Waals surface area contributed by atoms with Crippen molar-refractivity contribution >= 4 is 5.91 Å². The zero-order valence-electron chi connectivity index (χ0n) is 26.2. The summed E-state index contributed by atoms with van der Waals surface area (Å²) in [4.78, 5) is 25.2. The van der Waals surface area contributed by atoms with Crippen molar-refractivity contribution in [1.29, 1.82) is 0 Å². The van der Waals surface area contributed by atoms with E-state index in [9.17, 15) is 22.8 Å². The summed E-state index contributed by atoms with van der Waals surface area (Å²) in [6.07, 6.45) is 3.13. The fraction of sp³-hybridized carbons (Fsp3) is 0.485. The van der Waals surface area contributed by atoms with E-state index in [-0.39, 0.29) is 29.6 Å². The van der Waals surface area contributed by atoms with Gasteiger partial charge in [0.25, 0.3) is 5.91 Å². The zero-order chi connectivity index (χ0) is 31.9. The molecule has 1 aliphatic carbocycles. The maximum Gasteiger partial charge on any atom is 0.416 e. The smallest absolute Gasteiger partial charge is 0.380 e. The number of nitrogens with zero attached hydrogens (tertiary/aromatic N) is 2. The predicted molar refractivity (Wildman–Crippen MR) is 163 cm³/mol. The quantitative estimate of drug-likeness (QED) is 0.305. The van der Waals surface area contributed by atoms with Gasteiger partial charge in [-0.2, -0.15) is 18.3 Å². The maximum absolute atomic E-state index is 13.3. The van der Waals surface area contributed by atoms with Crippen molar-refractivity contribution in [3.05, 3.63) is 98.5 Å². The van der Waals surface area contributed by atoms with Crippen molar-refractivity contribution in [3.8, 4) is 0 Å². The summed E-state index contributed by atoms with van der Waals surface area (Å²) < 4.78 is 46.7. The van der Waals surface area contributed by atoms with E-state index in [0.29, 0.717) is 19.6 Å². The van der Waals surface area contributed by atoms with Gasteiger partial charge in [0, 0.05) is 32.5 Å². The third kappa shape index (κ3) is 11.1. The standard InChI is InChI=1S/C29H34F3N3O3.2C2H6/c1-5-28(3,16-21-10-9-20(2)24(12-11-21)29(30,31)32)19-35-14-13-25(36)26(34-35)27(37)33-17-22-7-6-8-23(15-22)18-38-4;2*1-2/h6-10,12-15H,5,11,16-19H2,1-4H3,(H,33,37);2*1-2H3. The average molecular weight is 590 g/mol. The molecule has 1 aliphatic rings. The summed E-state index contributed by atoms with van der Waals surface area (Å²) in [7, 11) is 1.61. The normalized spacial score (nSPS) is 14.4. The number of halogens is 3. The van der Waals surface area contributed by atoms with Crippen molar-refractivity contribution in [2.75, 3.05) is 7.11 Å². The van der Waals surface area contributed by atoms with E-state index in [1.807, 2.05) is 65.8 Å². The third-order valence-corrected chi connectivity index (χ3v) is 6.75. The number of carbonyl (C=O) groups is 1. The van der Waals surface area contributed by atoms with Crippen LogP contribution in [-0.2, 0) is 24.4 Å². The Hall–Kier alpha value is -3.46. The molecule has 6 nitrogen and oxygen atoms in total. The average Bonchev–Trinajstić information content (AvgIpc) is 3.16. The van der Waals surface area contributed by atoms with Gasteiger partial charge < -0.3 is 10.1 Å². The van der Waals surface area contributed by atoms with Crippen molar-refractivity contribution in [2.45, 2.75) is 93.6 Å². The van der Waals surface area contributed by atoms with E-state index in [4.69, 9.17) is 4.74 Å². The lowest BCUT2D eigenvalue weighted by Gasteiger charge is -2.30. The molecule has 1 unspecified atom stereocenters. The minimum atomic E-state index is -4.39. The van der Waals surface area contributed by atoms with E-state index < -0.39 is 23.1 Å². The highest BCUT2D eigenvalue weighted by Gasteiger charge is 2.35. The van der Waals surface area contributed by atoms with E-state index in [1.165, 1.54) is 31.3 Å². The second-order valence-electron chi connectivity index (χ2n) is 10.00. The van der Waals surface area contributed by atoms with Crippen LogP contribution in [0.4, 0.5) is 13.2 Å². The minimum absolute atomic E-state index is 0.189. The van der Waals surface area contributed by atoms with Crippen LogP contribution in [0.2, 0.25) is 0 Å². The predicted octanol–water partition coefficient (Wildman–Crippen LogP) is 7.94. The van der Waals surface area contributed by atoms with Crippen LogP contribution in [0.5, 0.6) is 0 Å². The molecule has 0 aliphatic heterocycles. The number of alkyl halides is 3. The van der Waals surface area contributed by atoms with Gasteiger partial charge in [0.05, 0.1) is 12.2 Å².